The molecule has 0 heterocycles. The molecule has 5 nitrogen and oxygen atoms in total. The fraction of sp³-hybridized carbons (Fsp3) is 0.857. The summed E-state index contributed by atoms with van der Waals surface area (Å²) < 4.78 is 23.4. The fourth-order valence-corrected chi connectivity index (χ4v) is 2.04. The maximum atomic E-state index is 11.3. The van der Waals surface area contributed by atoms with Gasteiger partial charge in [-0.3, -0.25) is 4.79 Å². The van der Waals surface area contributed by atoms with Crippen molar-refractivity contribution in [2.24, 2.45) is 0 Å². The number of aliphatic carboxylic acids is 1. The second-order valence-corrected chi connectivity index (χ2v) is 5.01. The van der Waals surface area contributed by atoms with Crippen LogP contribution in [0.5, 0.6) is 0 Å². The predicted molar refractivity (Wildman–Crippen MR) is 49.0 cm³/mol. The van der Waals surface area contributed by atoms with Crippen molar-refractivity contribution in [1.29, 1.82) is 0 Å². The number of carboxylic acids is 1. The number of hydrogen-bond acceptors (Lipinski definition) is 3. The van der Waals surface area contributed by atoms with Crippen LogP contribution >= 0.6 is 0 Å². The number of rotatable bonds is 6. The highest BCUT2D eigenvalue weighted by atomic mass is 32.2. The Kier molecular flexibility index (Phi) is 4.94. The summed E-state index contributed by atoms with van der Waals surface area (Å²) in [5.41, 5.74) is 0. The molecule has 0 aromatic carbocycles. The molecule has 13 heavy (non-hydrogen) atoms. The van der Waals surface area contributed by atoms with Crippen LogP contribution in [0.2, 0.25) is 0 Å². The quantitative estimate of drug-likeness (QED) is 0.675. The standard InChI is InChI=1S/C7H15NO4S/c1-3-4-5-13(11,12)8(2)6-7(9)10/h3-6H2,1-2H3,(H,9,10). The number of nitrogens with zero attached hydrogens (tertiary/aromatic N) is 1. The summed E-state index contributed by atoms with van der Waals surface area (Å²) in [5.74, 6) is -1.12. The highest BCUT2D eigenvalue weighted by Crippen LogP contribution is 2.01. The Morgan fingerprint density at radius 2 is 2.00 bits per heavy atom. The third kappa shape index (κ3) is 4.84. The van der Waals surface area contributed by atoms with E-state index in [0.29, 0.717) is 6.42 Å². The molecule has 0 fully saturated rings. The van der Waals surface area contributed by atoms with Gasteiger partial charge in [0.15, 0.2) is 0 Å². The molecule has 0 aliphatic heterocycles. The van der Waals surface area contributed by atoms with Gasteiger partial charge in [0.2, 0.25) is 10.0 Å². The zero-order valence-corrected chi connectivity index (χ0v) is 8.67. The summed E-state index contributed by atoms with van der Waals surface area (Å²) in [6.45, 7) is 1.42. The zero-order chi connectivity index (χ0) is 10.5. The molecule has 6 heteroatoms. The van der Waals surface area contributed by atoms with Crippen LogP contribution in [0, 0.1) is 0 Å². The van der Waals surface area contributed by atoms with Gasteiger partial charge in [-0.05, 0) is 6.42 Å². The van der Waals surface area contributed by atoms with Crippen LogP contribution in [0.15, 0.2) is 0 Å². The third-order valence-corrected chi connectivity index (χ3v) is 3.47. The largest absolute Gasteiger partial charge is 0.480 e. The van der Waals surface area contributed by atoms with Gasteiger partial charge in [0.25, 0.3) is 0 Å². The van der Waals surface area contributed by atoms with Gasteiger partial charge in [-0.1, -0.05) is 13.3 Å². The van der Waals surface area contributed by atoms with Crippen molar-refractivity contribution in [2.75, 3.05) is 19.3 Å². The molecule has 0 spiro atoms. The van der Waals surface area contributed by atoms with Crippen molar-refractivity contribution >= 4 is 16.0 Å². The SMILES string of the molecule is CCCCS(=O)(=O)N(C)CC(=O)O. The molecular weight excluding hydrogens is 194 g/mol. The van der Waals surface area contributed by atoms with E-state index in [2.05, 4.69) is 0 Å². The number of carbonyl (C=O) groups is 1. The second-order valence-electron chi connectivity index (χ2n) is 2.82. The van der Waals surface area contributed by atoms with Crippen LogP contribution in [0.25, 0.3) is 0 Å². The van der Waals surface area contributed by atoms with E-state index < -0.39 is 22.5 Å². The van der Waals surface area contributed by atoms with E-state index in [-0.39, 0.29) is 5.75 Å². The highest BCUT2D eigenvalue weighted by molar-refractivity contribution is 7.89. The van der Waals surface area contributed by atoms with Crippen LogP contribution in [0.3, 0.4) is 0 Å². The van der Waals surface area contributed by atoms with Gasteiger partial charge in [0.1, 0.15) is 6.54 Å². The van der Waals surface area contributed by atoms with Crippen molar-refractivity contribution < 1.29 is 18.3 Å². The van der Waals surface area contributed by atoms with Gasteiger partial charge < -0.3 is 5.11 Å². The van der Waals surface area contributed by atoms with Gasteiger partial charge >= 0.3 is 5.97 Å². The monoisotopic (exact) mass is 209 g/mol. The molecule has 0 bridgehead atoms. The lowest BCUT2D eigenvalue weighted by atomic mass is 10.4. The van der Waals surface area contributed by atoms with Crippen molar-refractivity contribution in [1.82, 2.24) is 4.31 Å². The minimum Gasteiger partial charge on any atom is -0.480 e. The Bertz CT molecular complexity index is 260. The van der Waals surface area contributed by atoms with Crippen LogP contribution in [-0.2, 0) is 14.8 Å². The Morgan fingerprint density at radius 1 is 1.46 bits per heavy atom. The molecule has 0 unspecified atom stereocenters. The Labute approximate surface area is 78.4 Å². The molecule has 1 N–H and O–H groups in total. The normalized spacial score (nSPS) is 11.9. The van der Waals surface area contributed by atoms with E-state index in [0.717, 1.165) is 10.7 Å². The predicted octanol–water partition coefficient (Wildman–Crippen LogP) is 0.133. The minimum atomic E-state index is -3.36. The van der Waals surface area contributed by atoms with Gasteiger partial charge in [-0.25, -0.2) is 8.42 Å². The molecule has 0 aromatic rings. The van der Waals surface area contributed by atoms with E-state index in [1.807, 2.05) is 6.92 Å². The first-order chi connectivity index (χ1) is 5.90. The molecule has 0 atom stereocenters. The Hall–Kier alpha value is -0.620. The van der Waals surface area contributed by atoms with Gasteiger partial charge in [-0.15, -0.1) is 0 Å². The van der Waals surface area contributed by atoms with Crippen molar-refractivity contribution in [3.05, 3.63) is 0 Å². The summed E-state index contributed by atoms with van der Waals surface area (Å²) in [4.78, 5) is 10.2. The number of carboxylic acid groups (broad SMARTS) is 1. The molecule has 0 saturated heterocycles. The number of sulfonamides is 1. The van der Waals surface area contributed by atoms with E-state index in [1.165, 1.54) is 7.05 Å². The molecule has 0 radical (unpaired) electrons. The maximum Gasteiger partial charge on any atom is 0.318 e. The van der Waals surface area contributed by atoms with E-state index in [1.54, 1.807) is 0 Å². The fourth-order valence-electron chi connectivity index (χ4n) is 0.771. The smallest absolute Gasteiger partial charge is 0.318 e. The third-order valence-electron chi connectivity index (χ3n) is 1.59. The molecule has 0 aromatic heterocycles. The van der Waals surface area contributed by atoms with E-state index >= 15 is 0 Å². The van der Waals surface area contributed by atoms with Crippen LogP contribution < -0.4 is 0 Å². The van der Waals surface area contributed by atoms with Crippen molar-refractivity contribution in [2.45, 2.75) is 19.8 Å². The van der Waals surface area contributed by atoms with Gasteiger partial charge in [-0.2, -0.15) is 4.31 Å². The first-order valence-corrected chi connectivity index (χ1v) is 5.67. The Morgan fingerprint density at radius 3 is 2.38 bits per heavy atom. The van der Waals surface area contributed by atoms with Gasteiger partial charge in [0, 0.05) is 7.05 Å². The number of unbranched alkanes of at least 4 members (excludes halogenated alkanes) is 1. The number of hydrogen-bond donors (Lipinski definition) is 1. The molecule has 0 aliphatic carbocycles. The average molecular weight is 209 g/mol. The molecule has 0 aliphatic rings. The highest BCUT2D eigenvalue weighted by Gasteiger charge is 2.18. The summed E-state index contributed by atoms with van der Waals surface area (Å²) in [7, 11) is -2.09. The molecule has 78 valence electrons. The van der Waals surface area contributed by atoms with Crippen molar-refractivity contribution in [3.63, 3.8) is 0 Å². The van der Waals surface area contributed by atoms with E-state index in [4.69, 9.17) is 5.11 Å². The minimum absolute atomic E-state index is 0.0211. The summed E-state index contributed by atoms with van der Waals surface area (Å²) in [6.07, 6.45) is 1.34. The summed E-state index contributed by atoms with van der Waals surface area (Å²) >= 11 is 0. The maximum absolute atomic E-state index is 11.3. The first-order valence-electron chi connectivity index (χ1n) is 4.06. The number of likely N-dealkylation sites (N-methyl/N-ethyl adjacent to an activating group) is 1. The Balaban J connectivity index is 4.20. The van der Waals surface area contributed by atoms with Crippen LogP contribution in [0.1, 0.15) is 19.8 Å². The molecule has 0 rings (SSSR count). The second kappa shape index (κ2) is 5.18. The summed E-state index contributed by atoms with van der Waals surface area (Å²) in [6, 6.07) is 0. The molecular formula is C7H15NO4S. The lowest BCUT2D eigenvalue weighted by Crippen LogP contribution is -2.33. The van der Waals surface area contributed by atoms with Crippen LogP contribution in [0.4, 0.5) is 0 Å². The van der Waals surface area contributed by atoms with Gasteiger partial charge in [0.05, 0.1) is 5.75 Å². The van der Waals surface area contributed by atoms with E-state index in [9.17, 15) is 13.2 Å². The van der Waals surface area contributed by atoms with Crippen molar-refractivity contribution in [3.8, 4) is 0 Å². The first kappa shape index (κ1) is 12.4. The average Bonchev–Trinajstić information content (AvgIpc) is 1.99. The summed E-state index contributed by atoms with van der Waals surface area (Å²) in [5, 5.41) is 8.37. The zero-order valence-electron chi connectivity index (χ0n) is 7.86. The topological polar surface area (TPSA) is 74.7 Å². The lowest BCUT2D eigenvalue weighted by molar-refractivity contribution is -0.137. The lowest BCUT2D eigenvalue weighted by Gasteiger charge is -2.13. The van der Waals surface area contributed by atoms with Crippen LogP contribution in [-0.4, -0.2) is 43.1 Å². The molecule has 0 saturated carbocycles. The molecule has 0 amide bonds.